The van der Waals surface area contributed by atoms with E-state index in [1.54, 1.807) is 18.2 Å². The normalized spacial score (nSPS) is 11.1. The Bertz CT molecular complexity index is 974. The van der Waals surface area contributed by atoms with Crippen LogP contribution in [0.3, 0.4) is 0 Å². The third kappa shape index (κ3) is 5.17. The van der Waals surface area contributed by atoms with Gasteiger partial charge in [0.15, 0.2) is 5.78 Å². The second kappa shape index (κ2) is 7.92. The van der Waals surface area contributed by atoms with E-state index in [-0.39, 0.29) is 18.0 Å². The van der Waals surface area contributed by atoms with Crippen molar-refractivity contribution in [1.82, 2.24) is 0 Å². The van der Waals surface area contributed by atoms with Crippen molar-refractivity contribution in [3.8, 4) is 0 Å². The minimum atomic E-state index is -3.71. The molecule has 0 aliphatic heterocycles. The Morgan fingerprint density at radius 2 is 1.63 bits per heavy atom. The molecule has 2 aromatic rings. The summed E-state index contributed by atoms with van der Waals surface area (Å²) in [6, 6.07) is 10.1. The number of rotatable bonds is 6. The van der Waals surface area contributed by atoms with Gasteiger partial charge in [0.25, 0.3) is 0 Å². The predicted octanol–water partition coefficient (Wildman–Crippen LogP) is 3.22. The third-order valence-corrected chi connectivity index (χ3v) is 5.31. The van der Waals surface area contributed by atoms with Gasteiger partial charge in [-0.1, -0.05) is 29.8 Å². The molecule has 0 saturated heterocycles. The van der Waals surface area contributed by atoms with Crippen LogP contribution in [0.2, 0.25) is 0 Å². The van der Waals surface area contributed by atoms with Crippen molar-refractivity contribution < 1.29 is 18.0 Å². The fourth-order valence-electron chi connectivity index (χ4n) is 2.97. The monoisotopic (exact) mass is 388 g/mol. The lowest BCUT2D eigenvalue weighted by atomic mass is 10.1. The van der Waals surface area contributed by atoms with Gasteiger partial charge in [0.1, 0.15) is 6.54 Å². The highest BCUT2D eigenvalue weighted by molar-refractivity contribution is 7.92. The van der Waals surface area contributed by atoms with Crippen molar-refractivity contribution in [3.63, 3.8) is 0 Å². The van der Waals surface area contributed by atoms with Crippen molar-refractivity contribution in [2.75, 3.05) is 22.4 Å². The number of sulfonamides is 1. The summed E-state index contributed by atoms with van der Waals surface area (Å²) >= 11 is 0. The first-order valence-electron chi connectivity index (χ1n) is 8.45. The van der Waals surface area contributed by atoms with E-state index in [0.29, 0.717) is 11.3 Å². The first-order chi connectivity index (χ1) is 12.5. The summed E-state index contributed by atoms with van der Waals surface area (Å²) in [5.41, 5.74) is 4.23. The van der Waals surface area contributed by atoms with E-state index in [0.717, 1.165) is 27.3 Å². The van der Waals surface area contributed by atoms with Crippen LogP contribution in [0.25, 0.3) is 0 Å². The van der Waals surface area contributed by atoms with Gasteiger partial charge in [-0.05, 0) is 51.0 Å². The molecule has 0 unspecified atom stereocenters. The second-order valence-corrected chi connectivity index (χ2v) is 8.60. The van der Waals surface area contributed by atoms with E-state index >= 15 is 0 Å². The number of benzene rings is 2. The number of ketones is 1. The molecule has 0 atom stereocenters. The topological polar surface area (TPSA) is 83.6 Å². The van der Waals surface area contributed by atoms with Crippen molar-refractivity contribution >= 4 is 33.1 Å². The molecule has 144 valence electrons. The lowest BCUT2D eigenvalue weighted by Gasteiger charge is -2.23. The zero-order chi connectivity index (χ0) is 20.4. The predicted molar refractivity (Wildman–Crippen MR) is 108 cm³/mol. The standard InChI is InChI=1S/C20H24N2O4S/c1-13-9-14(2)20(15(3)10-13)21-19(24)12-22(27(5,25)26)18-8-6-7-17(11-18)16(4)23/h6-11H,12H2,1-5H3,(H,21,24). The number of anilines is 2. The number of carbonyl (C=O) groups is 2. The number of carbonyl (C=O) groups excluding carboxylic acids is 2. The van der Waals surface area contributed by atoms with E-state index in [9.17, 15) is 18.0 Å². The zero-order valence-corrected chi connectivity index (χ0v) is 17.0. The maximum Gasteiger partial charge on any atom is 0.245 e. The van der Waals surface area contributed by atoms with Crippen LogP contribution < -0.4 is 9.62 Å². The van der Waals surface area contributed by atoms with Gasteiger partial charge >= 0.3 is 0 Å². The van der Waals surface area contributed by atoms with E-state index < -0.39 is 15.9 Å². The number of nitrogens with one attached hydrogen (secondary N) is 1. The van der Waals surface area contributed by atoms with Crippen LogP contribution in [0, 0.1) is 20.8 Å². The number of nitrogens with zero attached hydrogens (tertiary/aromatic N) is 1. The molecule has 1 amide bonds. The maximum absolute atomic E-state index is 12.6. The van der Waals surface area contributed by atoms with Gasteiger partial charge in [0.2, 0.25) is 15.9 Å². The Balaban J connectivity index is 2.31. The summed E-state index contributed by atoms with van der Waals surface area (Å²) in [7, 11) is -3.71. The molecule has 0 aliphatic carbocycles. The molecule has 0 fully saturated rings. The van der Waals surface area contributed by atoms with Crippen molar-refractivity contribution in [2.24, 2.45) is 0 Å². The Morgan fingerprint density at radius 1 is 1.04 bits per heavy atom. The lowest BCUT2D eigenvalue weighted by Crippen LogP contribution is -2.37. The fraction of sp³-hybridized carbons (Fsp3) is 0.300. The summed E-state index contributed by atoms with van der Waals surface area (Å²) in [6.07, 6.45) is 1.03. The number of aryl methyl sites for hydroxylation is 3. The molecule has 6 nitrogen and oxygen atoms in total. The fourth-order valence-corrected chi connectivity index (χ4v) is 3.81. The van der Waals surface area contributed by atoms with Crippen LogP contribution in [0.5, 0.6) is 0 Å². The van der Waals surface area contributed by atoms with Gasteiger partial charge in [-0.2, -0.15) is 0 Å². The molecule has 0 spiro atoms. The van der Waals surface area contributed by atoms with Gasteiger partial charge in [-0.25, -0.2) is 8.42 Å². The number of hydrogen-bond donors (Lipinski definition) is 1. The summed E-state index contributed by atoms with van der Waals surface area (Å²) < 4.78 is 25.5. The largest absolute Gasteiger partial charge is 0.324 e. The highest BCUT2D eigenvalue weighted by atomic mass is 32.2. The Labute approximate surface area is 160 Å². The van der Waals surface area contributed by atoms with Crippen LogP contribution in [-0.4, -0.2) is 32.9 Å². The molecule has 2 rings (SSSR count). The Hall–Kier alpha value is -2.67. The SMILES string of the molecule is CC(=O)c1cccc(N(CC(=O)Nc2c(C)cc(C)cc2C)S(C)(=O)=O)c1. The number of Topliss-reactive ketones (excluding diaryl/α,β-unsaturated/α-hetero) is 1. The molecule has 7 heteroatoms. The number of hydrogen-bond acceptors (Lipinski definition) is 4. The minimum absolute atomic E-state index is 0.180. The van der Waals surface area contributed by atoms with Gasteiger partial charge in [0.05, 0.1) is 11.9 Å². The lowest BCUT2D eigenvalue weighted by molar-refractivity contribution is -0.114. The Kier molecular flexibility index (Phi) is 6.05. The second-order valence-electron chi connectivity index (χ2n) is 6.70. The van der Waals surface area contributed by atoms with Crippen LogP contribution in [0.15, 0.2) is 36.4 Å². The van der Waals surface area contributed by atoms with E-state index in [1.165, 1.54) is 13.0 Å². The molecular formula is C20H24N2O4S. The molecule has 0 aliphatic rings. The average molecular weight is 388 g/mol. The first kappa shape index (κ1) is 20.6. The van der Waals surface area contributed by atoms with Crippen molar-refractivity contribution in [1.29, 1.82) is 0 Å². The summed E-state index contributed by atoms with van der Waals surface area (Å²) in [4.78, 5) is 24.2. The van der Waals surface area contributed by atoms with Crippen LogP contribution in [0.4, 0.5) is 11.4 Å². The Morgan fingerprint density at radius 3 is 2.15 bits per heavy atom. The molecule has 2 aromatic carbocycles. The minimum Gasteiger partial charge on any atom is -0.324 e. The zero-order valence-electron chi connectivity index (χ0n) is 16.2. The molecule has 1 N–H and O–H groups in total. The molecule has 0 heterocycles. The van der Waals surface area contributed by atoms with Gasteiger partial charge in [-0.3, -0.25) is 13.9 Å². The van der Waals surface area contributed by atoms with E-state index in [1.807, 2.05) is 32.9 Å². The molecule has 0 aromatic heterocycles. The molecule has 27 heavy (non-hydrogen) atoms. The highest BCUT2D eigenvalue weighted by Crippen LogP contribution is 2.23. The maximum atomic E-state index is 12.6. The quantitative estimate of drug-likeness (QED) is 0.770. The molecule has 0 bridgehead atoms. The van der Waals surface area contributed by atoms with Gasteiger partial charge in [0, 0.05) is 11.3 Å². The van der Waals surface area contributed by atoms with E-state index in [4.69, 9.17) is 0 Å². The smallest absolute Gasteiger partial charge is 0.245 e. The van der Waals surface area contributed by atoms with Gasteiger partial charge in [-0.15, -0.1) is 0 Å². The number of amides is 1. The van der Waals surface area contributed by atoms with Crippen LogP contribution in [0.1, 0.15) is 34.0 Å². The molecule has 0 saturated carbocycles. The summed E-state index contributed by atoms with van der Waals surface area (Å²) in [6.45, 7) is 6.77. The van der Waals surface area contributed by atoms with Crippen LogP contribution >= 0.6 is 0 Å². The highest BCUT2D eigenvalue weighted by Gasteiger charge is 2.22. The van der Waals surface area contributed by atoms with Gasteiger partial charge < -0.3 is 5.32 Å². The van der Waals surface area contributed by atoms with Crippen molar-refractivity contribution in [2.45, 2.75) is 27.7 Å². The summed E-state index contributed by atoms with van der Waals surface area (Å²) in [5.74, 6) is -0.635. The summed E-state index contributed by atoms with van der Waals surface area (Å²) in [5, 5.41) is 2.80. The first-order valence-corrected chi connectivity index (χ1v) is 10.3. The third-order valence-electron chi connectivity index (χ3n) is 4.17. The average Bonchev–Trinajstić information content (AvgIpc) is 2.55. The molecular weight excluding hydrogens is 364 g/mol. The molecule has 0 radical (unpaired) electrons. The van der Waals surface area contributed by atoms with E-state index in [2.05, 4.69) is 5.32 Å². The van der Waals surface area contributed by atoms with Crippen LogP contribution in [-0.2, 0) is 14.8 Å². The van der Waals surface area contributed by atoms with Crippen molar-refractivity contribution in [3.05, 3.63) is 58.7 Å².